The smallest absolute Gasteiger partial charge is 0.0643 e. The van der Waals surface area contributed by atoms with Crippen molar-refractivity contribution < 1.29 is 4.74 Å². The number of hydrogen-bond donors (Lipinski definition) is 1. The standard InChI is InChI=1S/C17H19NO/c1-13(18-17-11-19-12-17)14-7-9-16(10-8-14)15-5-3-2-4-6-15/h2-10,13,17-18H,11-12H2,1H3. The van der Waals surface area contributed by atoms with Gasteiger partial charge in [0.2, 0.25) is 0 Å². The first-order valence-electron chi connectivity index (χ1n) is 6.82. The molecule has 0 bridgehead atoms. The molecule has 0 aliphatic carbocycles. The average molecular weight is 253 g/mol. The van der Waals surface area contributed by atoms with Gasteiger partial charge in [0.1, 0.15) is 0 Å². The quantitative estimate of drug-likeness (QED) is 0.901. The van der Waals surface area contributed by atoms with Gasteiger partial charge in [-0.05, 0) is 23.6 Å². The molecular weight excluding hydrogens is 234 g/mol. The first-order valence-corrected chi connectivity index (χ1v) is 6.82. The van der Waals surface area contributed by atoms with E-state index in [9.17, 15) is 0 Å². The summed E-state index contributed by atoms with van der Waals surface area (Å²) >= 11 is 0. The first-order chi connectivity index (χ1) is 9.33. The van der Waals surface area contributed by atoms with Gasteiger partial charge in [0.25, 0.3) is 0 Å². The van der Waals surface area contributed by atoms with Gasteiger partial charge in [-0.15, -0.1) is 0 Å². The van der Waals surface area contributed by atoms with Crippen LogP contribution in [-0.4, -0.2) is 19.3 Å². The molecule has 0 spiro atoms. The number of rotatable bonds is 4. The van der Waals surface area contributed by atoms with Crippen molar-refractivity contribution in [2.45, 2.75) is 19.0 Å². The third-order valence-corrected chi connectivity index (χ3v) is 3.64. The van der Waals surface area contributed by atoms with Crippen molar-refractivity contribution in [3.8, 4) is 11.1 Å². The van der Waals surface area contributed by atoms with Gasteiger partial charge in [-0.3, -0.25) is 0 Å². The molecule has 2 nitrogen and oxygen atoms in total. The molecule has 0 amide bonds. The fourth-order valence-corrected chi connectivity index (χ4v) is 2.38. The van der Waals surface area contributed by atoms with Crippen molar-refractivity contribution in [1.29, 1.82) is 0 Å². The summed E-state index contributed by atoms with van der Waals surface area (Å²) < 4.78 is 5.19. The summed E-state index contributed by atoms with van der Waals surface area (Å²) in [4.78, 5) is 0. The van der Waals surface area contributed by atoms with Crippen LogP contribution in [0.3, 0.4) is 0 Å². The van der Waals surface area contributed by atoms with Crippen molar-refractivity contribution in [2.24, 2.45) is 0 Å². The van der Waals surface area contributed by atoms with Gasteiger partial charge in [0.15, 0.2) is 0 Å². The Morgan fingerprint density at radius 3 is 2.16 bits per heavy atom. The van der Waals surface area contributed by atoms with Crippen LogP contribution in [0, 0.1) is 0 Å². The average Bonchev–Trinajstić information content (AvgIpc) is 2.44. The first kappa shape index (κ1) is 12.4. The molecule has 2 aromatic rings. The fraction of sp³-hybridized carbons (Fsp3) is 0.294. The highest BCUT2D eigenvalue weighted by Crippen LogP contribution is 2.22. The van der Waals surface area contributed by atoms with Crippen LogP contribution < -0.4 is 5.32 Å². The third-order valence-electron chi connectivity index (χ3n) is 3.64. The maximum atomic E-state index is 5.19. The van der Waals surface area contributed by atoms with Gasteiger partial charge in [0.05, 0.1) is 19.3 Å². The zero-order valence-electron chi connectivity index (χ0n) is 11.2. The van der Waals surface area contributed by atoms with E-state index in [1.54, 1.807) is 0 Å². The lowest BCUT2D eigenvalue weighted by atomic mass is 10.0. The Morgan fingerprint density at radius 2 is 1.58 bits per heavy atom. The van der Waals surface area contributed by atoms with Crippen molar-refractivity contribution in [2.75, 3.05) is 13.2 Å². The van der Waals surface area contributed by atoms with Crippen LogP contribution >= 0.6 is 0 Å². The van der Waals surface area contributed by atoms with Crippen LogP contribution in [0.5, 0.6) is 0 Å². The van der Waals surface area contributed by atoms with E-state index in [4.69, 9.17) is 4.74 Å². The Kier molecular flexibility index (Phi) is 3.62. The number of ether oxygens (including phenoxy) is 1. The zero-order valence-corrected chi connectivity index (χ0v) is 11.2. The largest absolute Gasteiger partial charge is 0.378 e. The molecule has 2 heteroatoms. The molecule has 1 atom stereocenters. The van der Waals surface area contributed by atoms with Gasteiger partial charge in [-0.2, -0.15) is 0 Å². The van der Waals surface area contributed by atoms with Crippen LogP contribution in [0.2, 0.25) is 0 Å². The van der Waals surface area contributed by atoms with E-state index >= 15 is 0 Å². The predicted molar refractivity (Wildman–Crippen MR) is 78.0 cm³/mol. The highest BCUT2D eigenvalue weighted by molar-refractivity contribution is 5.63. The lowest BCUT2D eigenvalue weighted by Gasteiger charge is -2.30. The number of hydrogen-bond acceptors (Lipinski definition) is 2. The normalized spacial score (nSPS) is 16.9. The van der Waals surface area contributed by atoms with E-state index in [1.807, 2.05) is 6.07 Å². The second-order valence-corrected chi connectivity index (χ2v) is 5.11. The summed E-state index contributed by atoms with van der Waals surface area (Å²) in [5.74, 6) is 0. The van der Waals surface area contributed by atoms with Gasteiger partial charge in [-0.25, -0.2) is 0 Å². The van der Waals surface area contributed by atoms with Gasteiger partial charge >= 0.3 is 0 Å². The summed E-state index contributed by atoms with van der Waals surface area (Å²) in [6.07, 6.45) is 0. The third kappa shape index (κ3) is 2.86. The van der Waals surface area contributed by atoms with Crippen molar-refractivity contribution >= 4 is 0 Å². The minimum atomic E-state index is 0.374. The maximum Gasteiger partial charge on any atom is 0.0643 e. The summed E-state index contributed by atoms with van der Waals surface area (Å²) in [7, 11) is 0. The molecule has 1 saturated heterocycles. The highest BCUT2D eigenvalue weighted by atomic mass is 16.5. The monoisotopic (exact) mass is 253 g/mol. The topological polar surface area (TPSA) is 21.3 Å². The Morgan fingerprint density at radius 1 is 0.947 bits per heavy atom. The molecule has 3 rings (SSSR count). The van der Waals surface area contributed by atoms with E-state index < -0.39 is 0 Å². The van der Waals surface area contributed by atoms with Crippen LogP contribution in [0.1, 0.15) is 18.5 Å². The minimum Gasteiger partial charge on any atom is -0.378 e. The van der Waals surface area contributed by atoms with Gasteiger partial charge in [0, 0.05) is 6.04 Å². The molecule has 0 saturated carbocycles. The molecule has 19 heavy (non-hydrogen) atoms. The van der Waals surface area contributed by atoms with E-state index in [2.05, 4.69) is 60.8 Å². The molecular formula is C17H19NO. The fourth-order valence-electron chi connectivity index (χ4n) is 2.38. The summed E-state index contributed by atoms with van der Waals surface area (Å²) in [6.45, 7) is 3.88. The van der Waals surface area contributed by atoms with Gasteiger partial charge < -0.3 is 10.1 Å². The van der Waals surface area contributed by atoms with Crippen LogP contribution in [-0.2, 0) is 4.74 Å². The summed E-state index contributed by atoms with van der Waals surface area (Å²) in [5, 5.41) is 3.57. The summed E-state index contributed by atoms with van der Waals surface area (Å²) in [5.41, 5.74) is 3.86. The molecule has 1 N–H and O–H groups in total. The molecule has 1 aliphatic heterocycles. The van der Waals surface area contributed by atoms with E-state index in [1.165, 1.54) is 16.7 Å². The minimum absolute atomic E-state index is 0.374. The molecule has 0 radical (unpaired) electrons. The SMILES string of the molecule is CC(NC1COC1)c1ccc(-c2ccccc2)cc1. The van der Waals surface area contributed by atoms with E-state index in [0.29, 0.717) is 12.1 Å². The summed E-state index contributed by atoms with van der Waals surface area (Å²) in [6, 6.07) is 20.2. The molecule has 2 aromatic carbocycles. The van der Waals surface area contributed by atoms with E-state index in [0.717, 1.165) is 13.2 Å². The lowest BCUT2D eigenvalue weighted by molar-refractivity contribution is -0.00925. The highest BCUT2D eigenvalue weighted by Gasteiger charge is 2.20. The molecule has 0 aromatic heterocycles. The second-order valence-electron chi connectivity index (χ2n) is 5.11. The molecule has 98 valence electrons. The van der Waals surface area contributed by atoms with Crippen LogP contribution in [0.15, 0.2) is 54.6 Å². The Bertz CT molecular complexity index is 517. The van der Waals surface area contributed by atoms with Crippen LogP contribution in [0.25, 0.3) is 11.1 Å². The molecule has 1 fully saturated rings. The predicted octanol–water partition coefficient (Wildman–Crippen LogP) is 3.40. The Balaban J connectivity index is 1.71. The van der Waals surface area contributed by atoms with Gasteiger partial charge in [-0.1, -0.05) is 54.6 Å². The number of benzene rings is 2. The Hall–Kier alpha value is -1.64. The molecule has 1 heterocycles. The Labute approximate surface area is 114 Å². The van der Waals surface area contributed by atoms with E-state index in [-0.39, 0.29) is 0 Å². The van der Waals surface area contributed by atoms with Crippen molar-refractivity contribution in [3.63, 3.8) is 0 Å². The second kappa shape index (κ2) is 5.55. The molecule has 1 unspecified atom stereocenters. The van der Waals surface area contributed by atoms with Crippen molar-refractivity contribution in [1.82, 2.24) is 5.32 Å². The zero-order chi connectivity index (χ0) is 13.1. The maximum absolute atomic E-state index is 5.19. The van der Waals surface area contributed by atoms with Crippen LogP contribution in [0.4, 0.5) is 0 Å². The number of nitrogens with one attached hydrogen (secondary N) is 1. The lowest BCUT2D eigenvalue weighted by Crippen LogP contribution is -2.46. The van der Waals surface area contributed by atoms with Crippen molar-refractivity contribution in [3.05, 3.63) is 60.2 Å². The molecule has 1 aliphatic rings.